The molecule has 1 heterocycles. The molecule has 5 nitrogen and oxygen atoms in total. The minimum Gasteiger partial charge on any atom is -0.464 e. The van der Waals surface area contributed by atoms with Crippen molar-refractivity contribution in [2.24, 2.45) is 0 Å². The Morgan fingerprint density at radius 2 is 1.83 bits per heavy atom. The Kier molecular flexibility index (Phi) is 4.81. The maximum atomic E-state index is 13.2. The lowest BCUT2D eigenvalue weighted by molar-refractivity contribution is 0.0594. The molecule has 0 aliphatic carbocycles. The number of methoxy groups -OCH3 is 1. The SMILES string of the molecule is COC(=O)c1cc(-c2ccccc2Oc2ccccc2)n(SF)n1. The van der Waals surface area contributed by atoms with E-state index in [1.54, 1.807) is 18.2 Å². The van der Waals surface area contributed by atoms with E-state index in [2.05, 4.69) is 9.84 Å². The summed E-state index contributed by atoms with van der Waals surface area (Å²) in [4.78, 5) is 11.6. The van der Waals surface area contributed by atoms with E-state index in [0.717, 1.165) is 4.09 Å². The smallest absolute Gasteiger partial charge is 0.358 e. The first kappa shape index (κ1) is 16.1. The molecule has 0 saturated carbocycles. The lowest BCUT2D eigenvalue weighted by Crippen LogP contribution is -2.02. The van der Waals surface area contributed by atoms with Gasteiger partial charge in [-0.3, -0.25) is 0 Å². The van der Waals surface area contributed by atoms with Crippen molar-refractivity contribution in [2.75, 3.05) is 7.11 Å². The van der Waals surface area contributed by atoms with E-state index in [-0.39, 0.29) is 18.0 Å². The van der Waals surface area contributed by atoms with Crippen LogP contribution >= 0.6 is 12.3 Å². The van der Waals surface area contributed by atoms with Gasteiger partial charge in [0.25, 0.3) is 0 Å². The number of ether oxygens (including phenoxy) is 2. The Hall–Kier alpha value is -2.80. The average Bonchev–Trinajstić information content (AvgIpc) is 3.06. The van der Waals surface area contributed by atoms with Gasteiger partial charge in [-0.2, -0.15) is 9.19 Å². The van der Waals surface area contributed by atoms with Crippen LogP contribution in [-0.2, 0) is 4.74 Å². The number of aromatic nitrogens is 2. The van der Waals surface area contributed by atoms with Crippen molar-refractivity contribution in [3.63, 3.8) is 0 Å². The van der Waals surface area contributed by atoms with Crippen molar-refractivity contribution in [1.82, 2.24) is 9.19 Å². The van der Waals surface area contributed by atoms with E-state index in [4.69, 9.17) is 4.74 Å². The van der Waals surface area contributed by atoms with Crippen molar-refractivity contribution in [1.29, 1.82) is 0 Å². The fraction of sp³-hybridized carbons (Fsp3) is 0.0588. The topological polar surface area (TPSA) is 53.4 Å². The zero-order valence-corrected chi connectivity index (χ0v) is 13.5. The highest BCUT2D eigenvalue weighted by Gasteiger charge is 2.19. The first-order valence-corrected chi connectivity index (χ1v) is 7.70. The molecule has 0 atom stereocenters. The molecule has 2 aromatic carbocycles. The third-order valence-corrected chi connectivity index (χ3v) is 3.68. The first-order valence-electron chi connectivity index (χ1n) is 7.02. The molecule has 0 bridgehead atoms. The normalized spacial score (nSPS) is 10.4. The molecular weight excluding hydrogens is 331 g/mol. The molecule has 7 heteroatoms. The average molecular weight is 344 g/mol. The maximum Gasteiger partial charge on any atom is 0.358 e. The Bertz CT molecular complexity index is 852. The minimum absolute atomic E-state index is 0.0205. The molecule has 0 aliphatic heterocycles. The third kappa shape index (κ3) is 3.26. The number of para-hydroxylation sites is 2. The summed E-state index contributed by atoms with van der Waals surface area (Å²) in [5.41, 5.74) is 1.02. The quantitative estimate of drug-likeness (QED) is 0.638. The molecule has 0 N–H and O–H groups in total. The van der Waals surface area contributed by atoms with Crippen molar-refractivity contribution >= 4 is 18.3 Å². The van der Waals surface area contributed by atoms with Crippen LogP contribution in [0.2, 0.25) is 0 Å². The van der Waals surface area contributed by atoms with Crippen LogP contribution in [0.25, 0.3) is 11.3 Å². The van der Waals surface area contributed by atoms with Gasteiger partial charge >= 0.3 is 5.97 Å². The molecule has 3 rings (SSSR count). The van der Waals surface area contributed by atoms with Crippen LogP contribution in [0, 0.1) is 0 Å². The van der Waals surface area contributed by atoms with Crippen molar-refractivity contribution < 1.29 is 18.2 Å². The third-order valence-electron chi connectivity index (χ3n) is 3.27. The minimum atomic E-state index is -0.634. The number of hydrogen-bond acceptors (Lipinski definition) is 5. The van der Waals surface area contributed by atoms with Gasteiger partial charge < -0.3 is 9.47 Å². The van der Waals surface area contributed by atoms with Crippen molar-refractivity contribution in [3.8, 4) is 22.8 Å². The van der Waals surface area contributed by atoms with Crippen LogP contribution < -0.4 is 4.74 Å². The molecule has 0 fully saturated rings. The molecular formula is C17H13FN2O3S. The van der Waals surface area contributed by atoms with Gasteiger partial charge in [0.05, 0.1) is 12.8 Å². The van der Waals surface area contributed by atoms with Gasteiger partial charge in [-0.25, -0.2) is 4.79 Å². The number of halogens is 1. The summed E-state index contributed by atoms with van der Waals surface area (Å²) < 4.78 is 24.8. The number of carbonyl (C=O) groups excluding carboxylic acids is 1. The molecule has 0 spiro atoms. The zero-order chi connectivity index (χ0) is 16.9. The number of esters is 1. The Labute approximate surface area is 142 Å². The van der Waals surface area contributed by atoms with Crippen LogP contribution in [0.15, 0.2) is 60.7 Å². The summed E-state index contributed by atoms with van der Waals surface area (Å²) >= 11 is -0.104. The Morgan fingerprint density at radius 3 is 2.54 bits per heavy atom. The van der Waals surface area contributed by atoms with Crippen LogP contribution in [0.4, 0.5) is 3.89 Å². The predicted molar refractivity (Wildman–Crippen MR) is 89.6 cm³/mol. The summed E-state index contributed by atoms with van der Waals surface area (Å²) in [5.74, 6) is 0.540. The van der Waals surface area contributed by atoms with Crippen LogP contribution in [-0.4, -0.2) is 22.3 Å². The van der Waals surface area contributed by atoms with Gasteiger partial charge in [0.1, 0.15) is 11.5 Å². The van der Waals surface area contributed by atoms with Gasteiger partial charge in [-0.05, 0) is 24.3 Å². The molecule has 0 radical (unpaired) electrons. The summed E-state index contributed by atoms with van der Waals surface area (Å²) in [6, 6.07) is 17.8. The monoisotopic (exact) mass is 344 g/mol. The lowest BCUT2D eigenvalue weighted by atomic mass is 10.1. The second-order valence-electron chi connectivity index (χ2n) is 4.76. The highest BCUT2D eigenvalue weighted by atomic mass is 32.2. The standard InChI is InChI=1S/C17H13FN2O3S/c1-22-17(21)14-11-15(20(19-14)24-18)13-9-5-6-10-16(13)23-12-7-3-2-4-8-12/h2-11H,1H3. The molecule has 0 unspecified atom stereocenters. The van der Waals surface area contributed by atoms with E-state index >= 15 is 0 Å². The Morgan fingerprint density at radius 1 is 1.12 bits per heavy atom. The number of hydrogen-bond donors (Lipinski definition) is 0. The van der Waals surface area contributed by atoms with E-state index in [0.29, 0.717) is 22.8 Å². The van der Waals surface area contributed by atoms with E-state index < -0.39 is 5.97 Å². The van der Waals surface area contributed by atoms with Crippen molar-refractivity contribution in [2.45, 2.75) is 0 Å². The van der Waals surface area contributed by atoms with E-state index in [1.807, 2.05) is 36.4 Å². The fourth-order valence-corrected chi connectivity index (χ4v) is 2.53. The number of benzene rings is 2. The van der Waals surface area contributed by atoms with E-state index in [9.17, 15) is 8.68 Å². The van der Waals surface area contributed by atoms with Gasteiger partial charge in [-0.15, -0.1) is 3.89 Å². The van der Waals surface area contributed by atoms with Crippen LogP contribution in [0.3, 0.4) is 0 Å². The van der Waals surface area contributed by atoms with Gasteiger partial charge in [0.2, 0.25) is 0 Å². The highest BCUT2D eigenvalue weighted by molar-refractivity contribution is 7.92. The Balaban J connectivity index is 2.04. The maximum absolute atomic E-state index is 13.2. The van der Waals surface area contributed by atoms with Crippen LogP contribution in [0.1, 0.15) is 10.5 Å². The van der Waals surface area contributed by atoms with Gasteiger partial charge in [0, 0.05) is 11.6 Å². The zero-order valence-electron chi connectivity index (χ0n) is 12.7. The molecule has 3 aromatic rings. The molecule has 0 amide bonds. The fourth-order valence-electron chi connectivity index (χ4n) is 2.19. The second kappa shape index (κ2) is 7.18. The first-order chi connectivity index (χ1) is 11.7. The molecule has 24 heavy (non-hydrogen) atoms. The molecule has 122 valence electrons. The summed E-state index contributed by atoms with van der Waals surface area (Å²) in [6.07, 6.45) is 0. The summed E-state index contributed by atoms with van der Waals surface area (Å²) in [5, 5.41) is 3.90. The second-order valence-corrected chi connectivity index (χ2v) is 5.24. The largest absolute Gasteiger partial charge is 0.464 e. The number of carbonyl (C=O) groups is 1. The van der Waals surface area contributed by atoms with E-state index in [1.165, 1.54) is 13.2 Å². The van der Waals surface area contributed by atoms with Crippen LogP contribution in [0.5, 0.6) is 11.5 Å². The summed E-state index contributed by atoms with van der Waals surface area (Å²) in [7, 11) is 1.25. The molecule has 0 saturated heterocycles. The molecule has 0 aliphatic rings. The number of nitrogens with zero attached hydrogens (tertiary/aromatic N) is 2. The van der Waals surface area contributed by atoms with Gasteiger partial charge in [0.15, 0.2) is 18.0 Å². The number of rotatable bonds is 5. The van der Waals surface area contributed by atoms with Gasteiger partial charge in [-0.1, -0.05) is 30.3 Å². The predicted octanol–water partition coefficient (Wildman–Crippen LogP) is 4.51. The van der Waals surface area contributed by atoms with Crippen molar-refractivity contribution in [3.05, 3.63) is 66.4 Å². The lowest BCUT2D eigenvalue weighted by Gasteiger charge is -2.10. The molecule has 1 aromatic heterocycles. The highest BCUT2D eigenvalue weighted by Crippen LogP contribution is 2.35. The summed E-state index contributed by atoms with van der Waals surface area (Å²) in [6.45, 7) is 0.